The minimum atomic E-state index is -0.580. The maximum Gasteiger partial charge on any atom is 0.313 e. The van der Waals surface area contributed by atoms with Crippen LogP contribution in [0.5, 0.6) is 5.75 Å². The number of halogens is 1. The second-order valence-electron chi connectivity index (χ2n) is 5.27. The van der Waals surface area contributed by atoms with Gasteiger partial charge in [0, 0.05) is 17.2 Å². The van der Waals surface area contributed by atoms with Crippen LogP contribution in [0.15, 0.2) is 12.1 Å². The molecular formula is C12H19ClN2O3. The number of aryl methyl sites for hydroxylation is 1. The van der Waals surface area contributed by atoms with Crippen molar-refractivity contribution >= 4 is 18.1 Å². The minimum Gasteiger partial charge on any atom is -0.502 e. The second kappa shape index (κ2) is 5.54. The Labute approximate surface area is 113 Å². The number of phenols is 1. The molecule has 0 aromatic heterocycles. The number of aromatic hydroxyl groups is 1. The van der Waals surface area contributed by atoms with E-state index in [-0.39, 0.29) is 29.3 Å². The molecule has 1 aromatic carbocycles. The zero-order chi connectivity index (χ0) is 13.4. The molecule has 0 fully saturated rings. The Bertz CT molecular complexity index is 455. The monoisotopic (exact) mass is 274 g/mol. The minimum absolute atomic E-state index is 0. The molecule has 0 spiro atoms. The summed E-state index contributed by atoms with van der Waals surface area (Å²) in [4.78, 5) is 10.3. The predicted molar refractivity (Wildman–Crippen MR) is 73.1 cm³/mol. The molecule has 0 aliphatic heterocycles. The lowest BCUT2D eigenvalue weighted by Gasteiger charge is -2.27. The van der Waals surface area contributed by atoms with Crippen LogP contribution in [0.25, 0.3) is 0 Å². The largest absolute Gasteiger partial charge is 0.502 e. The van der Waals surface area contributed by atoms with Gasteiger partial charge in [0.15, 0.2) is 5.75 Å². The first-order valence-electron chi connectivity index (χ1n) is 5.38. The van der Waals surface area contributed by atoms with Crippen LogP contribution in [0.3, 0.4) is 0 Å². The number of hydrogen-bond donors (Lipinski definition) is 2. The van der Waals surface area contributed by atoms with Gasteiger partial charge >= 0.3 is 5.69 Å². The van der Waals surface area contributed by atoms with Gasteiger partial charge in [-0.15, -0.1) is 12.4 Å². The molecule has 1 atom stereocenters. The average molecular weight is 275 g/mol. The summed E-state index contributed by atoms with van der Waals surface area (Å²) in [5.74, 6) is -0.322. The number of phenolic OH excluding ortho intramolecular Hbond substituents is 1. The van der Waals surface area contributed by atoms with Crippen molar-refractivity contribution in [3.05, 3.63) is 33.4 Å². The maximum atomic E-state index is 10.9. The van der Waals surface area contributed by atoms with Crippen molar-refractivity contribution in [3.8, 4) is 5.75 Å². The Hall–Kier alpha value is -1.33. The summed E-state index contributed by atoms with van der Waals surface area (Å²) in [6, 6.07) is 2.80. The van der Waals surface area contributed by atoms with Crippen LogP contribution in [0.4, 0.5) is 5.69 Å². The Morgan fingerprint density at radius 2 is 1.89 bits per heavy atom. The van der Waals surface area contributed by atoms with Gasteiger partial charge < -0.3 is 10.8 Å². The molecule has 0 radical (unpaired) electrons. The Morgan fingerprint density at radius 1 is 1.39 bits per heavy atom. The SMILES string of the molecule is Cc1ccc([C@@H](N)C(C)(C)C)c(O)c1[N+](=O)[O-].Cl. The molecule has 0 bridgehead atoms. The van der Waals surface area contributed by atoms with Crippen LogP contribution < -0.4 is 5.73 Å². The number of rotatable bonds is 2. The lowest BCUT2D eigenvalue weighted by molar-refractivity contribution is -0.386. The molecule has 18 heavy (non-hydrogen) atoms. The molecule has 0 heterocycles. The van der Waals surface area contributed by atoms with E-state index in [1.165, 1.54) is 0 Å². The summed E-state index contributed by atoms with van der Waals surface area (Å²) in [7, 11) is 0. The summed E-state index contributed by atoms with van der Waals surface area (Å²) in [5, 5.41) is 20.8. The zero-order valence-electron chi connectivity index (χ0n) is 10.9. The molecule has 0 saturated heterocycles. The van der Waals surface area contributed by atoms with Crippen LogP contribution in [0.2, 0.25) is 0 Å². The van der Waals surface area contributed by atoms with Crippen molar-refractivity contribution in [1.29, 1.82) is 0 Å². The number of hydrogen-bond acceptors (Lipinski definition) is 4. The lowest BCUT2D eigenvalue weighted by Crippen LogP contribution is -2.26. The van der Waals surface area contributed by atoms with Gasteiger partial charge in [-0.3, -0.25) is 10.1 Å². The molecule has 5 nitrogen and oxygen atoms in total. The summed E-state index contributed by atoms with van der Waals surface area (Å²) in [6.07, 6.45) is 0. The van der Waals surface area contributed by atoms with Crippen LogP contribution >= 0.6 is 12.4 Å². The van der Waals surface area contributed by atoms with Gasteiger partial charge in [0.05, 0.1) is 4.92 Å². The highest BCUT2D eigenvalue weighted by atomic mass is 35.5. The fourth-order valence-corrected chi connectivity index (χ4v) is 1.64. The molecule has 0 saturated carbocycles. The van der Waals surface area contributed by atoms with E-state index in [9.17, 15) is 15.2 Å². The van der Waals surface area contributed by atoms with Gasteiger partial charge in [0.1, 0.15) is 0 Å². The van der Waals surface area contributed by atoms with Crippen molar-refractivity contribution < 1.29 is 10.0 Å². The fourth-order valence-electron chi connectivity index (χ4n) is 1.64. The predicted octanol–water partition coefficient (Wildman–Crippen LogP) is 3.08. The van der Waals surface area contributed by atoms with Gasteiger partial charge in [0.2, 0.25) is 0 Å². The maximum absolute atomic E-state index is 10.9. The third kappa shape index (κ3) is 3.11. The normalized spacial score (nSPS) is 12.7. The molecule has 0 aliphatic carbocycles. The highest BCUT2D eigenvalue weighted by Crippen LogP contribution is 2.40. The second-order valence-corrected chi connectivity index (χ2v) is 5.27. The van der Waals surface area contributed by atoms with Crippen LogP contribution in [0, 0.1) is 22.5 Å². The molecular weight excluding hydrogens is 256 g/mol. The summed E-state index contributed by atoms with van der Waals surface area (Å²) in [5.41, 5.74) is 6.31. The number of nitro groups is 1. The molecule has 0 unspecified atom stereocenters. The molecule has 102 valence electrons. The number of benzene rings is 1. The van der Waals surface area contributed by atoms with Gasteiger partial charge in [-0.1, -0.05) is 32.9 Å². The van der Waals surface area contributed by atoms with Gasteiger partial charge in [-0.25, -0.2) is 0 Å². The lowest BCUT2D eigenvalue weighted by atomic mass is 9.82. The number of nitrogens with two attached hydrogens (primary N) is 1. The zero-order valence-corrected chi connectivity index (χ0v) is 11.7. The Morgan fingerprint density at radius 3 is 2.28 bits per heavy atom. The molecule has 6 heteroatoms. The number of nitrogens with zero attached hydrogens (tertiary/aromatic N) is 1. The quantitative estimate of drug-likeness (QED) is 0.640. The van der Waals surface area contributed by atoms with Crippen LogP contribution in [0.1, 0.15) is 37.9 Å². The van der Waals surface area contributed by atoms with Crippen LogP contribution in [-0.4, -0.2) is 10.0 Å². The summed E-state index contributed by atoms with van der Waals surface area (Å²) >= 11 is 0. The third-order valence-corrected chi connectivity index (χ3v) is 2.83. The Balaban J connectivity index is 0.00000289. The van der Waals surface area contributed by atoms with Gasteiger partial charge in [-0.05, 0) is 12.3 Å². The highest BCUT2D eigenvalue weighted by molar-refractivity contribution is 5.85. The average Bonchev–Trinajstić information content (AvgIpc) is 2.15. The van der Waals surface area contributed by atoms with E-state index in [1.807, 2.05) is 20.8 Å². The van der Waals surface area contributed by atoms with Crippen molar-refractivity contribution in [2.75, 3.05) is 0 Å². The molecule has 0 aliphatic rings. The van der Waals surface area contributed by atoms with E-state index < -0.39 is 11.0 Å². The van der Waals surface area contributed by atoms with Gasteiger partial charge in [-0.2, -0.15) is 0 Å². The molecule has 1 aromatic rings. The third-order valence-electron chi connectivity index (χ3n) is 2.83. The van der Waals surface area contributed by atoms with Crippen molar-refractivity contribution in [2.45, 2.75) is 33.7 Å². The smallest absolute Gasteiger partial charge is 0.313 e. The van der Waals surface area contributed by atoms with Crippen molar-refractivity contribution in [1.82, 2.24) is 0 Å². The van der Waals surface area contributed by atoms with Crippen molar-refractivity contribution in [3.63, 3.8) is 0 Å². The summed E-state index contributed by atoms with van der Waals surface area (Å²) in [6.45, 7) is 7.35. The van der Waals surface area contributed by atoms with E-state index in [0.717, 1.165) is 0 Å². The first kappa shape index (κ1) is 16.7. The van der Waals surface area contributed by atoms with Gasteiger partial charge in [0.25, 0.3) is 0 Å². The topological polar surface area (TPSA) is 89.4 Å². The van der Waals surface area contributed by atoms with Crippen molar-refractivity contribution in [2.24, 2.45) is 11.1 Å². The fraction of sp³-hybridized carbons (Fsp3) is 0.500. The first-order chi connectivity index (χ1) is 7.66. The van der Waals surface area contributed by atoms with E-state index >= 15 is 0 Å². The molecule has 0 amide bonds. The molecule has 3 N–H and O–H groups in total. The highest BCUT2D eigenvalue weighted by Gasteiger charge is 2.29. The number of nitro benzene ring substituents is 1. The van der Waals surface area contributed by atoms with Crippen LogP contribution in [-0.2, 0) is 0 Å². The first-order valence-corrected chi connectivity index (χ1v) is 5.38. The molecule has 1 rings (SSSR count). The van der Waals surface area contributed by atoms with E-state index in [0.29, 0.717) is 11.1 Å². The van der Waals surface area contributed by atoms with E-state index in [2.05, 4.69) is 0 Å². The standard InChI is InChI=1S/C12H18N2O3.ClH/c1-7-5-6-8(11(13)12(2,3)4)10(15)9(7)14(16)17;/h5-6,11,15H,13H2,1-4H3;1H/t11-;/m1./s1. The van der Waals surface area contributed by atoms with E-state index in [1.54, 1.807) is 19.1 Å². The Kier molecular flexibility index (Phi) is 5.13. The van der Waals surface area contributed by atoms with E-state index in [4.69, 9.17) is 5.73 Å². The summed E-state index contributed by atoms with van der Waals surface area (Å²) < 4.78 is 0.